The Labute approximate surface area is 359 Å². The molecule has 6 atom stereocenters. The number of rotatable bonds is 40. The SMILES string of the molecule is CCCCC/C=C/C/C=C/CCCCCCCCCCCC(=O)O[C@H](COC(=O)CCCCCCCCC/C=C/CCCCCC)CO[C@@H]1O[C@H](CO)[C@H](O)C(O)C1O. The van der Waals surface area contributed by atoms with Gasteiger partial charge >= 0.3 is 11.9 Å². The molecule has 1 fully saturated rings. The molecule has 10 heteroatoms. The van der Waals surface area contributed by atoms with Crippen LogP contribution in [-0.2, 0) is 28.5 Å². The number of carbonyl (C=O) groups excluding carboxylic acids is 2. The van der Waals surface area contributed by atoms with Crippen molar-refractivity contribution in [2.24, 2.45) is 0 Å². The van der Waals surface area contributed by atoms with Gasteiger partial charge in [-0.05, 0) is 70.6 Å². The highest BCUT2D eigenvalue weighted by Gasteiger charge is 2.44. The minimum absolute atomic E-state index is 0.220. The molecule has 0 saturated carbocycles. The Kier molecular flexibility index (Phi) is 37.3. The van der Waals surface area contributed by atoms with Gasteiger partial charge in [-0.2, -0.15) is 0 Å². The first-order valence-electron chi connectivity index (χ1n) is 24.1. The van der Waals surface area contributed by atoms with Crippen molar-refractivity contribution in [3.8, 4) is 0 Å². The van der Waals surface area contributed by atoms with E-state index in [1.165, 1.54) is 109 Å². The first-order valence-corrected chi connectivity index (χ1v) is 24.1. The minimum atomic E-state index is -1.60. The van der Waals surface area contributed by atoms with E-state index in [1.54, 1.807) is 0 Å². The molecule has 10 nitrogen and oxygen atoms in total. The molecule has 0 amide bonds. The van der Waals surface area contributed by atoms with Gasteiger partial charge in [0, 0.05) is 12.8 Å². The molecule has 0 aromatic carbocycles. The third-order valence-electron chi connectivity index (χ3n) is 11.0. The molecule has 0 bridgehead atoms. The number of hydrogen-bond acceptors (Lipinski definition) is 10. The van der Waals surface area contributed by atoms with Crippen LogP contribution in [0.4, 0.5) is 0 Å². The summed E-state index contributed by atoms with van der Waals surface area (Å²) in [7, 11) is 0. The van der Waals surface area contributed by atoms with Crippen molar-refractivity contribution in [2.45, 2.75) is 243 Å². The lowest BCUT2D eigenvalue weighted by Gasteiger charge is -2.39. The molecule has 0 spiro atoms. The standard InChI is InChI=1S/C49H88O10/c1-3-5-7-9-11-13-15-17-19-20-21-22-24-26-28-30-32-34-36-38-45(52)58-42(41-57-49-48(55)47(54)46(53)43(39-50)59-49)40-56-44(51)37-35-33-31-29-27-25-23-18-16-14-12-10-8-6-4-2/h11,13-14,16-17,19,42-43,46-50,53-55H,3-10,12,15,18,20-41H2,1-2H3/b13-11+,16-14+,19-17+/t42-,43-,46+,47?,48?,49-/m1/s1. The molecule has 0 aromatic heterocycles. The largest absolute Gasteiger partial charge is 0.462 e. The molecule has 4 N–H and O–H groups in total. The van der Waals surface area contributed by atoms with Crippen LogP contribution in [0.1, 0.15) is 206 Å². The van der Waals surface area contributed by atoms with Gasteiger partial charge in [0.2, 0.25) is 0 Å². The van der Waals surface area contributed by atoms with Gasteiger partial charge in [0.05, 0.1) is 13.2 Å². The Bertz CT molecular complexity index is 1060. The highest BCUT2D eigenvalue weighted by molar-refractivity contribution is 5.70. The number of aliphatic hydroxyl groups is 4. The van der Waals surface area contributed by atoms with Gasteiger partial charge in [0.25, 0.3) is 0 Å². The fourth-order valence-electron chi connectivity index (χ4n) is 7.15. The molecule has 0 radical (unpaired) electrons. The van der Waals surface area contributed by atoms with E-state index in [0.717, 1.165) is 64.2 Å². The number of aliphatic hydroxyl groups excluding tert-OH is 4. The fraction of sp³-hybridized carbons (Fsp3) is 0.837. The second-order valence-electron chi connectivity index (χ2n) is 16.6. The summed E-state index contributed by atoms with van der Waals surface area (Å²) in [6.07, 6.45) is 38.6. The first kappa shape index (κ1) is 54.9. The molecule has 1 aliphatic rings. The third-order valence-corrected chi connectivity index (χ3v) is 11.0. The van der Waals surface area contributed by atoms with Gasteiger partial charge in [-0.15, -0.1) is 0 Å². The van der Waals surface area contributed by atoms with Crippen LogP contribution in [0.5, 0.6) is 0 Å². The van der Waals surface area contributed by atoms with Crippen LogP contribution in [0.3, 0.4) is 0 Å². The lowest BCUT2D eigenvalue weighted by atomic mass is 9.99. The highest BCUT2D eigenvalue weighted by atomic mass is 16.7. The first-order chi connectivity index (χ1) is 28.8. The molecule has 1 rings (SSSR count). The Morgan fingerprint density at radius 2 is 0.949 bits per heavy atom. The Morgan fingerprint density at radius 3 is 1.46 bits per heavy atom. The summed E-state index contributed by atoms with van der Waals surface area (Å²) in [5.74, 6) is -0.812. The second kappa shape index (κ2) is 40.0. The number of esters is 2. The van der Waals surface area contributed by atoms with E-state index in [4.69, 9.17) is 18.9 Å². The topological polar surface area (TPSA) is 152 Å². The molecule has 59 heavy (non-hydrogen) atoms. The van der Waals surface area contributed by atoms with E-state index in [0.29, 0.717) is 6.42 Å². The zero-order chi connectivity index (χ0) is 43.0. The van der Waals surface area contributed by atoms with Gasteiger partial charge in [-0.3, -0.25) is 9.59 Å². The predicted octanol–water partition coefficient (Wildman–Crippen LogP) is 10.7. The van der Waals surface area contributed by atoms with Crippen molar-refractivity contribution in [3.63, 3.8) is 0 Å². The van der Waals surface area contributed by atoms with Gasteiger partial charge in [0.1, 0.15) is 31.0 Å². The van der Waals surface area contributed by atoms with Crippen LogP contribution in [0.25, 0.3) is 0 Å². The van der Waals surface area contributed by atoms with Crippen LogP contribution in [0, 0.1) is 0 Å². The zero-order valence-electron chi connectivity index (χ0n) is 37.5. The Hall–Kier alpha value is -2.08. The Balaban J connectivity index is 2.30. The van der Waals surface area contributed by atoms with Crippen molar-refractivity contribution in [1.29, 1.82) is 0 Å². The number of allylic oxidation sites excluding steroid dienone is 6. The molecule has 0 aromatic rings. The van der Waals surface area contributed by atoms with Crippen LogP contribution in [0.15, 0.2) is 36.5 Å². The Morgan fingerprint density at radius 1 is 0.525 bits per heavy atom. The van der Waals surface area contributed by atoms with Crippen molar-refractivity contribution in [1.82, 2.24) is 0 Å². The lowest BCUT2D eigenvalue weighted by molar-refractivity contribution is -0.305. The summed E-state index contributed by atoms with van der Waals surface area (Å²) < 4.78 is 22.2. The zero-order valence-corrected chi connectivity index (χ0v) is 37.5. The van der Waals surface area contributed by atoms with Crippen LogP contribution in [-0.4, -0.2) is 89.0 Å². The molecule has 2 unspecified atom stereocenters. The molecule has 1 aliphatic heterocycles. The van der Waals surface area contributed by atoms with Gasteiger partial charge in [-0.1, -0.05) is 159 Å². The molecule has 0 aliphatic carbocycles. The number of unbranched alkanes of at least 4 members (excludes halogenated alkanes) is 23. The second-order valence-corrected chi connectivity index (χ2v) is 16.6. The fourth-order valence-corrected chi connectivity index (χ4v) is 7.15. The van der Waals surface area contributed by atoms with Crippen molar-refractivity contribution in [2.75, 3.05) is 19.8 Å². The van der Waals surface area contributed by atoms with Crippen molar-refractivity contribution < 1.29 is 49.0 Å². The summed E-state index contributed by atoms with van der Waals surface area (Å²) in [5.41, 5.74) is 0. The van der Waals surface area contributed by atoms with E-state index < -0.39 is 49.4 Å². The number of carbonyl (C=O) groups is 2. The summed E-state index contributed by atoms with van der Waals surface area (Å²) >= 11 is 0. The van der Waals surface area contributed by atoms with Crippen molar-refractivity contribution >= 4 is 11.9 Å². The van der Waals surface area contributed by atoms with E-state index in [2.05, 4.69) is 50.3 Å². The minimum Gasteiger partial charge on any atom is -0.462 e. The van der Waals surface area contributed by atoms with E-state index in [9.17, 15) is 30.0 Å². The maximum Gasteiger partial charge on any atom is 0.306 e. The van der Waals surface area contributed by atoms with Crippen molar-refractivity contribution in [3.05, 3.63) is 36.5 Å². The summed E-state index contributed by atoms with van der Waals surface area (Å²) in [6, 6.07) is 0. The molecule has 344 valence electrons. The molecule has 1 heterocycles. The third kappa shape index (κ3) is 31.4. The maximum absolute atomic E-state index is 12.8. The van der Waals surface area contributed by atoms with Crippen LogP contribution < -0.4 is 0 Å². The smallest absolute Gasteiger partial charge is 0.306 e. The maximum atomic E-state index is 12.8. The van der Waals surface area contributed by atoms with E-state index in [1.807, 2.05) is 0 Å². The van der Waals surface area contributed by atoms with Crippen LogP contribution in [0.2, 0.25) is 0 Å². The lowest BCUT2D eigenvalue weighted by Crippen LogP contribution is -2.59. The quantitative estimate of drug-likeness (QED) is 0.0267. The molecular weight excluding hydrogens is 749 g/mol. The molecular formula is C49H88O10. The number of ether oxygens (including phenoxy) is 4. The summed E-state index contributed by atoms with van der Waals surface area (Å²) in [5, 5.41) is 40.1. The van der Waals surface area contributed by atoms with Gasteiger partial charge in [-0.25, -0.2) is 0 Å². The average molecular weight is 837 g/mol. The van der Waals surface area contributed by atoms with Gasteiger partial charge < -0.3 is 39.4 Å². The van der Waals surface area contributed by atoms with Crippen LogP contribution >= 0.6 is 0 Å². The van der Waals surface area contributed by atoms with E-state index in [-0.39, 0.29) is 32.0 Å². The monoisotopic (exact) mass is 837 g/mol. The van der Waals surface area contributed by atoms with E-state index >= 15 is 0 Å². The normalized spacial score (nSPS) is 20.3. The highest BCUT2D eigenvalue weighted by Crippen LogP contribution is 2.23. The predicted molar refractivity (Wildman–Crippen MR) is 238 cm³/mol. The van der Waals surface area contributed by atoms with Gasteiger partial charge in [0.15, 0.2) is 12.4 Å². The summed E-state index contributed by atoms with van der Waals surface area (Å²) in [6.45, 7) is 3.39. The average Bonchev–Trinajstić information content (AvgIpc) is 3.23. The summed E-state index contributed by atoms with van der Waals surface area (Å²) in [4.78, 5) is 25.4. The molecule has 1 saturated heterocycles. The number of hydrogen-bond donors (Lipinski definition) is 4.